The molecular formula is C28H25FN4O2. The molecule has 35 heavy (non-hydrogen) atoms. The third kappa shape index (κ3) is 5.40. The lowest BCUT2D eigenvalue weighted by Crippen LogP contribution is -2.44. The Labute approximate surface area is 203 Å². The minimum absolute atomic E-state index is 0.345. The number of anilines is 2. The number of nitrogens with zero attached hydrogens (tertiary/aromatic N) is 2. The maximum atomic E-state index is 13.5. The molecule has 0 bridgehead atoms. The zero-order valence-corrected chi connectivity index (χ0v) is 19.3. The summed E-state index contributed by atoms with van der Waals surface area (Å²) in [6, 6.07) is 17.4. The molecule has 1 fully saturated rings. The maximum absolute atomic E-state index is 13.5. The van der Waals surface area contributed by atoms with Gasteiger partial charge in [-0.25, -0.2) is 14.4 Å². The predicted octanol–water partition coefficient (Wildman–Crippen LogP) is 5.08. The zero-order valence-electron chi connectivity index (χ0n) is 19.3. The van der Waals surface area contributed by atoms with Crippen molar-refractivity contribution >= 4 is 22.4 Å². The van der Waals surface area contributed by atoms with E-state index in [9.17, 15) is 9.50 Å². The second kappa shape index (κ2) is 9.71. The van der Waals surface area contributed by atoms with E-state index in [-0.39, 0.29) is 5.82 Å². The summed E-state index contributed by atoms with van der Waals surface area (Å²) in [6.07, 6.45) is 3.08. The van der Waals surface area contributed by atoms with E-state index in [1.165, 1.54) is 18.5 Å². The van der Waals surface area contributed by atoms with Crippen LogP contribution < -0.4 is 15.4 Å². The smallest absolute Gasteiger partial charge is 0.141 e. The van der Waals surface area contributed by atoms with Gasteiger partial charge in [0.15, 0.2) is 0 Å². The van der Waals surface area contributed by atoms with Gasteiger partial charge < -0.3 is 20.5 Å². The number of aryl methyl sites for hydroxylation is 1. The van der Waals surface area contributed by atoms with E-state index in [1.54, 1.807) is 12.1 Å². The fourth-order valence-electron chi connectivity index (χ4n) is 4.05. The maximum Gasteiger partial charge on any atom is 0.141 e. The number of aliphatic hydroxyl groups is 1. The first-order valence-electron chi connectivity index (χ1n) is 11.5. The molecule has 1 aromatic heterocycles. The van der Waals surface area contributed by atoms with Crippen LogP contribution in [0.4, 0.5) is 15.9 Å². The van der Waals surface area contributed by atoms with Crippen molar-refractivity contribution in [3.63, 3.8) is 0 Å². The summed E-state index contributed by atoms with van der Waals surface area (Å²) in [4.78, 5) is 8.80. The molecule has 7 heteroatoms. The number of benzene rings is 3. The second-order valence-electron chi connectivity index (χ2n) is 8.68. The van der Waals surface area contributed by atoms with E-state index in [4.69, 9.17) is 4.74 Å². The van der Waals surface area contributed by atoms with Gasteiger partial charge in [-0.1, -0.05) is 17.9 Å². The van der Waals surface area contributed by atoms with Crippen molar-refractivity contribution in [2.24, 2.45) is 0 Å². The number of halogens is 1. The summed E-state index contributed by atoms with van der Waals surface area (Å²) < 4.78 is 19.3. The van der Waals surface area contributed by atoms with Crippen LogP contribution in [0.1, 0.15) is 24.0 Å². The highest BCUT2D eigenvalue weighted by Crippen LogP contribution is 2.30. The van der Waals surface area contributed by atoms with Crippen LogP contribution in [0.5, 0.6) is 11.5 Å². The van der Waals surface area contributed by atoms with Crippen molar-refractivity contribution in [3.8, 4) is 23.3 Å². The summed E-state index contributed by atoms with van der Waals surface area (Å²) >= 11 is 0. The topological polar surface area (TPSA) is 79.3 Å². The molecule has 1 aliphatic heterocycles. The van der Waals surface area contributed by atoms with Gasteiger partial charge >= 0.3 is 0 Å². The van der Waals surface area contributed by atoms with Gasteiger partial charge in [0.1, 0.15) is 35.1 Å². The van der Waals surface area contributed by atoms with Crippen molar-refractivity contribution < 1.29 is 14.2 Å². The molecule has 1 atom stereocenters. The highest BCUT2D eigenvalue weighted by molar-refractivity contribution is 5.91. The van der Waals surface area contributed by atoms with Gasteiger partial charge in [0.05, 0.1) is 5.52 Å². The Hall–Kier alpha value is -3.99. The number of aromatic nitrogens is 2. The fourth-order valence-corrected chi connectivity index (χ4v) is 4.05. The van der Waals surface area contributed by atoms with E-state index in [2.05, 4.69) is 32.4 Å². The van der Waals surface area contributed by atoms with Crippen molar-refractivity contribution in [1.29, 1.82) is 0 Å². The van der Waals surface area contributed by atoms with Crippen LogP contribution in [0.15, 0.2) is 67.0 Å². The molecule has 0 saturated carbocycles. The van der Waals surface area contributed by atoms with Crippen LogP contribution in [0.2, 0.25) is 0 Å². The molecule has 0 aliphatic carbocycles. The molecule has 1 saturated heterocycles. The first-order chi connectivity index (χ1) is 17.0. The minimum atomic E-state index is -1.01. The Bertz CT molecular complexity index is 1440. The summed E-state index contributed by atoms with van der Waals surface area (Å²) in [5.41, 5.74) is 2.28. The van der Waals surface area contributed by atoms with Crippen molar-refractivity contribution in [2.45, 2.75) is 25.4 Å². The number of rotatable bonds is 4. The van der Waals surface area contributed by atoms with Crippen LogP contribution in [0.25, 0.3) is 10.9 Å². The number of piperidine rings is 1. The number of hydrogen-bond acceptors (Lipinski definition) is 6. The van der Waals surface area contributed by atoms with Crippen LogP contribution in [0, 0.1) is 24.6 Å². The summed E-state index contributed by atoms with van der Waals surface area (Å²) in [6.45, 7) is 3.31. The first kappa shape index (κ1) is 22.8. The largest absolute Gasteiger partial charge is 0.457 e. The zero-order chi connectivity index (χ0) is 24.3. The van der Waals surface area contributed by atoms with E-state index in [0.717, 1.165) is 40.7 Å². The summed E-state index contributed by atoms with van der Waals surface area (Å²) in [5.74, 6) is 7.53. The molecule has 3 N–H and O–H groups in total. The third-order valence-corrected chi connectivity index (χ3v) is 5.90. The van der Waals surface area contributed by atoms with E-state index < -0.39 is 5.60 Å². The lowest BCUT2D eigenvalue weighted by atomic mass is 9.94. The Balaban J connectivity index is 1.39. The summed E-state index contributed by atoms with van der Waals surface area (Å²) in [7, 11) is 0. The molecule has 5 rings (SSSR count). The quantitative estimate of drug-likeness (QED) is 0.363. The minimum Gasteiger partial charge on any atom is -0.457 e. The molecule has 0 spiro atoms. The lowest BCUT2D eigenvalue weighted by Gasteiger charge is -2.27. The van der Waals surface area contributed by atoms with Crippen molar-refractivity contribution in [1.82, 2.24) is 15.3 Å². The SMILES string of the molecule is Cc1cc(Nc2ncnc3ccc(C#CC4(O)CCCNC4)cc23)ccc1Oc1cccc(F)c1. The molecule has 1 unspecified atom stereocenters. The Morgan fingerprint density at radius 2 is 2.03 bits per heavy atom. The molecule has 0 amide bonds. The standard InChI is InChI=1S/C28H25FN4O2/c1-19-14-22(7-9-26(19)35-23-5-2-4-21(29)16-23)33-27-24-15-20(6-8-25(24)31-18-32-27)10-12-28(34)11-3-13-30-17-28/h2,4-9,14-16,18,30,34H,3,11,13,17H2,1H3,(H,31,32,33). The first-order valence-corrected chi connectivity index (χ1v) is 11.5. The van der Waals surface area contributed by atoms with Crippen LogP contribution in [-0.2, 0) is 0 Å². The van der Waals surface area contributed by atoms with Crippen molar-refractivity contribution in [3.05, 3.63) is 83.9 Å². The highest BCUT2D eigenvalue weighted by Gasteiger charge is 2.26. The normalized spacial score (nSPS) is 17.5. The third-order valence-electron chi connectivity index (χ3n) is 5.90. The molecule has 0 radical (unpaired) electrons. The number of β-amino-alcohol motifs (C(OH)–C–C–N with tert-alkyl or cyclic N) is 1. The summed E-state index contributed by atoms with van der Waals surface area (Å²) in [5, 5.41) is 18.0. The number of ether oxygens (including phenoxy) is 1. The lowest BCUT2D eigenvalue weighted by molar-refractivity contribution is 0.0736. The molecular weight excluding hydrogens is 443 g/mol. The number of fused-ring (bicyclic) bond motifs is 1. The monoisotopic (exact) mass is 468 g/mol. The van der Waals surface area contributed by atoms with Gasteiger partial charge in [-0.3, -0.25) is 0 Å². The second-order valence-corrected chi connectivity index (χ2v) is 8.68. The molecule has 4 aromatic rings. The van der Waals surface area contributed by atoms with Crippen LogP contribution in [-0.4, -0.2) is 33.8 Å². The van der Waals surface area contributed by atoms with Gasteiger partial charge in [0.2, 0.25) is 0 Å². The van der Waals surface area contributed by atoms with E-state index in [0.29, 0.717) is 30.3 Å². The van der Waals surface area contributed by atoms with Crippen LogP contribution >= 0.6 is 0 Å². The Kier molecular flexibility index (Phi) is 6.32. The van der Waals surface area contributed by atoms with Gasteiger partial charge in [-0.2, -0.15) is 0 Å². The molecule has 2 heterocycles. The van der Waals surface area contributed by atoms with Gasteiger partial charge in [0.25, 0.3) is 0 Å². The van der Waals surface area contributed by atoms with Crippen LogP contribution in [0.3, 0.4) is 0 Å². The van der Waals surface area contributed by atoms with E-state index in [1.807, 2.05) is 43.3 Å². The molecule has 3 aromatic carbocycles. The Morgan fingerprint density at radius 3 is 2.83 bits per heavy atom. The Morgan fingerprint density at radius 1 is 1.11 bits per heavy atom. The number of nitrogens with one attached hydrogen (secondary N) is 2. The predicted molar refractivity (Wildman–Crippen MR) is 134 cm³/mol. The molecule has 176 valence electrons. The van der Waals surface area contributed by atoms with Crippen molar-refractivity contribution in [2.75, 3.05) is 18.4 Å². The van der Waals surface area contributed by atoms with Gasteiger partial charge in [-0.05, 0) is 80.4 Å². The fraction of sp³-hybridized carbons (Fsp3) is 0.214. The number of hydrogen-bond donors (Lipinski definition) is 3. The molecule has 1 aliphatic rings. The highest BCUT2D eigenvalue weighted by atomic mass is 19.1. The average molecular weight is 469 g/mol. The average Bonchev–Trinajstić information content (AvgIpc) is 2.85. The molecule has 6 nitrogen and oxygen atoms in total. The van der Waals surface area contributed by atoms with Gasteiger partial charge in [0, 0.05) is 29.2 Å². The van der Waals surface area contributed by atoms with Gasteiger partial charge in [-0.15, -0.1) is 0 Å². The van der Waals surface area contributed by atoms with E-state index >= 15 is 0 Å².